The Morgan fingerprint density at radius 3 is 2.53 bits per heavy atom. The molecule has 4 heteroatoms. The minimum Gasteiger partial charge on any atom is -0.387 e. The second kappa shape index (κ2) is 5.37. The largest absolute Gasteiger partial charge is 0.387 e. The van der Waals surface area contributed by atoms with Crippen molar-refractivity contribution in [1.82, 2.24) is 9.88 Å². The maximum absolute atomic E-state index is 4.27. The van der Waals surface area contributed by atoms with Gasteiger partial charge in [0.05, 0.1) is 23.8 Å². The van der Waals surface area contributed by atoms with Crippen LogP contribution in [0.15, 0.2) is 18.5 Å². The van der Waals surface area contributed by atoms with Crippen molar-refractivity contribution >= 4 is 11.4 Å². The summed E-state index contributed by atoms with van der Waals surface area (Å²) < 4.78 is 0. The first-order valence-electron chi connectivity index (χ1n) is 7.37. The second-order valence-electron chi connectivity index (χ2n) is 5.93. The van der Waals surface area contributed by atoms with E-state index in [2.05, 4.69) is 33.6 Å². The predicted octanol–water partition coefficient (Wildman–Crippen LogP) is 2.55. The third-order valence-corrected chi connectivity index (χ3v) is 4.74. The van der Waals surface area contributed by atoms with Crippen LogP contribution in [0, 0.1) is 0 Å². The number of piperidine rings is 2. The van der Waals surface area contributed by atoms with Crippen molar-refractivity contribution in [3.8, 4) is 0 Å². The van der Waals surface area contributed by atoms with Gasteiger partial charge in [0.15, 0.2) is 0 Å². The molecule has 0 spiro atoms. The van der Waals surface area contributed by atoms with Crippen molar-refractivity contribution in [3.63, 3.8) is 0 Å². The molecule has 1 aromatic rings. The molecular weight excluding hydrogens is 236 g/mol. The van der Waals surface area contributed by atoms with Crippen LogP contribution in [0.2, 0.25) is 0 Å². The third kappa shape index (κ3) is 2.68. The molecule has 2 unspecified atom stereocenters. The minimum absolute atomic E-state index is 0.598. The van der Waals surface area contributed by atoms with Crippen LogP contribution in [0.4, 0.5) is 11.4 Å². The highest BCUT2D eigenvalue weighted by Gasteiger charge is 2.35. The van der Waals surface area contributed by atoms with Gasteiger partial charge in [0, 0.05) is 25.2 Å². The third-order valence-electron chi connectivity index (χ3n) is 4.74. The van der Waals surface area contributed by atoms with E-state index < -0.39 is 0 Å². The van der Waals surface area contributed by atoms with Crippen LogP contribution in [0.1, 0.15) is 32.1 Å². The normalized spacial score (nSPS) is 30.9. The summed E-state index contributed by atoms with van der Waals surface area (Å²) in [7, 11) is 4.23. The molecule has 2 aliphatic heterocycles. The lowest BCUT2D eigenvalue weighted by atomic mass is 9.82. The number of rotatable bonds is 3. The number of nitrogens with one attached hydrogen (secondary N) is 2. The maximum atomic E-state index is 4.27. The van der Waals surface area contributed by atoms with Gasteiger partial charge in [-0.25, -0.2) is 0 Å². The summed E-state index contributed by atoms with van der Waals surface area (Å²) in [5.74, 6) is 0. The van der Waals surface area contributed by atoms with Crippen LogP contribution in [-0.4, -0.2) is 42.1 Å². The number of aromatic nitrogens is 1. The molecule has 0 aromatic carbocycles. The van der Waals surface area contributed by atoms with E-state index in [4.69, 9.17) is 0 Å². The number of anilines is 2. The minimum atomic E-state index is 0.598. The van der Waals surface area contributed by atoms with Crippen LogP contribution in [0.3, 0.4) is 0 Å². The molecule has 2 fully saturated rings. The summed E-state index contributed by atoms with van der Waals surface area (Å²) >= 11 is 0. The topological polar surface area (TPSA) is 40.2 Å². The first-order valence-corrected chi connectivity index (χ1v) is 7.37. The molecule has 104 valence electrons. The molecular formula is C15H24N4. The number of nitrogens with zero attached hydrogens (tertiary/aromatic N) is 2. The molecule has 2 aliphatic rings. The molecule has 0 amide bonds. The zero-order valence-corrected chi connectivity index (χ0v) is 11.9. The molecule has 4 nitrogen and oxygen atoms in total. The highest BCUT2D eigenvalue weighted by Crippen LogP contribution is 2.33. The Morgan fingerprint density at radius 1 is 1.16 bits per heavy atom. The molecule has 19 heavy (non-hydrogen) atoms. The Morgan fingerprint density at radius 2 is 1.84 bits per heavy atom. The van der Waals surface area contributed by atoms with E-state index in [0.29, 0.717) is 6.04 Å². The van der Waals surface area contributed by atoms with Crippen LogP contribution in [-0.2, 0) is 0 Å². The number of fused-ring (bicyclic) bond motifs is 2. The van der Waals surface area contributed by atoms with Crippen LogP contribution in [0.25, 0.3) is 0 Å². The number of hydrogen-bond donors (Lipinski definition) is 2. The summed E-state index contributed by atoms with van der Waals surface area (Å²) in [6.45, 7) is 0. The number of hydrogen-bond acceptors (Lipinski definition) is 4. The molecule has 3 rings (SSSR count). The van der Waals surface area contributed by atoms with Crippen molar-refractivity contribution < 1.29 is 0 Å². The van der Waals surface area contributed by atoms with E-state index in [1.165, 1.54) is 32.1 Å². The van der Waals surface area contributed by atoms with E-state index in [1.807, 2.05) is 19.4 Å². The van der Waals surface area contributed by atoms with Gasteiger partial charge in [-0.2, -0.15) is 0 Å². The highest BCUT2D eigenvalue weighted by atomic mass is 15.2. The zero-order chi connectivity index (χ0) is 13.2. The first-order chi connectivity index (χ1) is 9.26. The molecule has 0 saturated carbocycles. The fourth-order valence-corrected chi connectivity index (χ4v) is 3.62. The maximum Gasteiger partial charge on any atom is 0.0549 e. The molecule has 1 aromatic heterocycles. The average Bonchev–Trinajstić information content (AvgIpc) is 2.40. The van der Waals surface area contributed by atoms with E-state index in [0.717, 1.165) is 23.5 Å². The van der Waals surface area contributed by atoms with Crippen LogP contribution in [0.5, 0.6) is 0 Å². The summed E-state index contributed by atoms with van der Waals surface area (Å²) in [4.78, 5) is 6.87. The van der Waals surface area contributed by atoms with E-state index in [9.17, 15) is 0 Å². The fraction of sp³-hybridized carbons (Fsp3) is 0.667. The lowest BCUT2D eigenvalue weighted by Crippen LogP contribution is -2.52. The molecule has 2 bridgehead atoms. The van der Waals surface area contributed by atoms with Gasteiger partial charge >= 0.3 is 0 Å². The van der Waals surface area contributed by atoms with Crippen molar-refractivity contribution in [2.75, 3.05) is 24.7 Å². The van der Waals surface area contributed by atoms with Gasteiger partial charge < -0.3 is 15.5 Å². The molecule has 0 radical (unpaired) electrons. The SMILES string of the molecule is CNc1cncc(NC2CC3CCCC(C2)N3C)c1. The average molecular weight is 260 g/mol. The van der Waals surface area contributed by atoms with Crippen molar-refractivity contribution in [3.05, 3.63) is 18.5 Å². The Labute approximate surface area is 115 Å². The summed E-state index contributed by atoms with van der Waals surface area (Å²) in [5.41, 5.74) is 2.21. The molecule has 2 atom stereocenters. The predicted molar refractivity (Wildman–Crippen MR) is 79.6 cm³/mol. The Kier molecular flexibility index (Phi) is 3.60. The smallest absolute Gasteiger partial charge is 0.0549 e. The Bertz CT molecular complexity index is 420. The monoisotopic (exact) mass is 260 g/mol. The van der Waals surface area contributed by atoms with E-state index >= 15 is 0 Å². The van der Waals surface area contributed by atoms with Crippen molar-refractivity contribution in [1.29, 1.82) is 0 Å². The van der Waals surface area contributed by atoms with E-state index in [-0.39, 0.29) is 0 Å². The van der Waals surface area contributed by atoms with Gasteiger partial charge in [0.1, 0.15) is 0 Å². The molecule has 3 heterocycles. The lowest BCUT2D eigenvalue weighted by Gasteiger charge is -2.47. The zero-order valence-electron chi connectivity index (χ0n) is 11.9. The molecule has 0 aliphatic carbocycles. The fourth-order valence-electron chi connectivity index (χ4n) is 3.62. The van der Waals surface area contributed by atoms with Gasteiger partial charge in [-0.15, -0.1) is 0 Å². The second-order valence-corrected chi connectivity index (χ2v) is 5.93. The van der Waals surface area contributed by atoms with Crippen molar-refractivity contribution in [2.45, 2.75) is 50.2 Å². The van der Waals surface area contributed by atoms with Gasteiger partial charge in [-0.1, -0.05) is 6.42 Å². The van der Waals surface area contributed by atoms with Gasteiger partial charge in [-0.05, 0) is 38.8 Å². The molecule has 2 saturated heterocycles. The lowest BCUT2D eigenvalue weighted by molar-refractivity contribution is 0.0608. The van der Waals surface area contributed by atoms with Crippen molar-refractivity contribution in [2.24, 2.45) is 0 Å². The van der Waals surface area contributed by atoms with Gasteiger partial charge in [0.25, 0.3) is 0 Å². The number of pyridine rings is 1. The summed E-state index contributed by atoms with van der Waals surface area (Å²) in [5, 5.41) is 6.82. The standard InChI is InChI=1S/C15H24N4/c1-16-12-6-13(10-17-9-12)18-11-7-14-4-3-5-15(8-11)19(14)2/h6,9-11,14-16,18H,3-5,7-8H2,1-2H3. The van der Waals surface area contributed by atoms with E-state index in [1.54, 1.807) is 0 Å². The highest BCUT2D eigenvalue weighted by molar-refractivity contribution is 5.54. The quantitative estimate of drug-likeness (QED) is 0.876. The summed E-state index contributed by atoms with van der Waals surface area (Å²) in [6.07, 6.45) is 10.4. The van der Waals surface area contributed by atoms with Gasteiger partial charge in [-0.3, -0.25) is 4.98 Å². The Hall–Kier alpha value is -1.29. The summed E-state index contributed by atoms with van der Waals surface area (Å²) in [6, 6.07) is 4.28. The van der Waals surface area contributed by atoms with Crippen LogP contribution >= 0.6 is 0 Å². The molecule has 2 N–H and O–H groups in total. The van der Waals surface area contributed by atoms with Gasteiger partial charge in [0.2, 0.25) is 0 Å². The first kappa shape index (κ1) is 12.7. The van der Waals surface area contributed by atoms with Crippen LogP contribution < -0.4 is 10.6 Å². The Balaban J connectivity index is 1.67.